The van der Waals surface area contributed by atoms with Gasteiger partial charge in [-0.1, -0.05) is 18.2 Å². The molecule has 7 nitrogen and oxygen atoms in total. The highest BCUT2D eigenvalue weighted by atomic mass is 32.2. The van der Waals surface area contributed by atoms with Crippen molar-refractivity contribution in [3.05, 3.63) is 53.1 Å². The Kier molecular flexibility index (Phi) is 6.39. The summed E-state index contributed by atoms with van der Waals surface area (Å²) >= 11 is 0. The van der Waals surface area contributed by atoms with Gasteiger partial charge in [0.1, 0.15) is 12.1 Å². The topological polar surface area (TPSA) is 123 Å². The predicted octanol–water partition coefficient (Wildman–Crippen LogP) is 2.60. The molecule has 2 aromatic rings. The number of carbonyl (C=O) groups is 1. The van der Waals surface area contributed by atoms with Gasteiger partial charge in [0, 0.05) is 24.3 Å². The molecule has 1 aliphatic heterocycles. The van der Waals surface area contributed by atoms with E-state index in [4.69, 9.17) is 5.26 Å². The molecule has 0 spiro atoms. The van der Waals surface area contributed by atoms with Gasteiger partial charge in [-0.05, 0) is 48.4 Å². The number of rotatable bonds is 6. The minimum absolute atomic E-state index is 0.0917. The molecule has 1 heterocycles. The molecule has 1 amide bonds. The van der Waals surface area contributed by atoms with Crippen molar-refractivity contribution in [1.82, 2.24) is 10.6 Å². The third-order valence-corrected chi connectivity index (χ3v) is 7.65. The molecule has 34 heavy (non-hydrogen) atoms. The molecular formula is C24H22F2N4O3S. The Hall–Kier alpha value is -3.34. The number of piperidine rings is 1. The van der Waals surface area contributed by atoms with Crippen LogP contribution in [0, 0.1) is 40.2 Å². The highest BCUT2D eigenvalue weighted by molar-refractivity contribution is 7.90. The summed E-state index contributed by atoms with van der Waals surface area (Å²) in [6, 6.07) is 8.90. The molecule has 1 saturated carbocycles. The van der Waals surface area contributed by atoms with Gasteiger partial charge in [-0.15, -0.1) is 0 Å². The van der Waals surface area contributed by atoms with Gasteiger partial charge in [0.25, 0.3) is 0 Å². The van der Waals surface area contributed by atoms with Gasteiger partial charge < -0.3 is 10.6 Å². The summed E-state index contributed by atoms with van der Waals surface area (Å²) in [6.45, 7) is 0. The molecule has 0 aromatic heterocycles. The second-order valence-electron chi connectivity index (χ2n) is 8.80. The Bertz CT molecular complexity index is 1350. The molecule has 1 saturated heterocycles. The van der Waals surface area contributed by atoms with E-state index in [1.807, 2.05) is 6.07 Å². The molecule has 4 atom stereocenters. The molecule has 2 aromatic carbocycles. The molecule has 176 valence electrons. The number of benzene rings is 2. The van der Waals surface area contributed by atoms with E-state index in [0.29, 0.717) is 6.04 Å². The van der Waals surface area contributed by atoms with Crippen molar-refractivity contribution in [2.45, 2.75) is 48.7 Å². The number of amides is 1. The minimum Gasteiger partial charge on any atom is -0.339 e. The molecule has 2 bridgehead atoms. The second-order valence-corrected chi connectivity index (χ2v) is 10.8. The van der Waals surface area contributed by atoms with E-state index in [1.54, 1.807) is 6.07 Å². The lowest BCUT2D eigenvalue weighted by Gasteiger charge is -2.23. The van der Waals surface area contributed by atoms with Crippen LogP contribution < -0.4 is 10.6 Å². The SMILES string of the molecule is CS(=O)(=O)c1cc(-c2ccc(C[C@@H](C#N)NC(=O)[C@H]3NC4CCC3C4)c(F)c2F)ccc1C#N. The Morgan fingerprint density at radius 3 is 2.56 bits per heavy atom. The van der Waals surface area contributed by atoms with Crippen molar-refractivity contribution < 1.29 is 22.0 Å². The fourth-order valence-electron chi connectivity index (χ4n) is 4.82. The first-order valence-corrected chi connectivity index (χ1v) is 12.7. The van der Waals surface area contributed by atoms with E-state index in [1.165, 1.54) is 24.3 Å². The van der Waals surface area contributed by atoms with Crippen molar-refractivity contribution in [3.63, 3.8) is 0 Å². The van der Waals surface area contributed by atoms with Crippen LogP contribution in [-0.4, -0.2) is 38.7 Å². The smallest absolute Gasteiger partial charge is 0.238 e. The summed E-state index contributed by atoms with van der Waals surface area (Å²) in [5, 5.41) is 24.5. The quantitative estimate of drug-likeness (QED) is 0.650. The van der Waals surface area contributed by atoms with Crippen LogP contribution in [0.2, 0.25) is 0 Å². The molecule has 2 fully saturated rings. The van der Waals surface area contributed by atoms with Crippen molar-refractivity contribution in [2.75, 3.05) is 6.26 Å². The number of hydrogen-bond acceptors (Lipinski definition) is 6. The van der Waals surface area contributed by atoms with Crippen molar-refractivity contribution in [1.29, 1.82) is 10.5 Å². The Morgan fingerprint density at radius 2 is 1.97 bits per heavy atom. The number of nitriles is 2. The van der Waals surface area contributed by atoms with Crippen LogP contribution >= 0.6 is 0 Å². The molecule has 4 rings (SSSR count). The van der Waals surface area contributed by atoms with Gasteiger partial charge in [0.05, 0.1) is 22.6 Å². The monoisotopic (exact) mass is 484 g/mol. The summed E-state index contributed by atoms with van der Waals surface area (Å²) in [6.07, 6.45) is 3.60. The first kappa shape index (κ1) is 23.8. The zero-order valence-electron chi connectivity index (χ0n) is 18.3. The minimum atomic E-state index is -3.77. The van der Waals surface area contributed by atoms with Gasteiger partial charge in [-0.2, -0.15) is 10.5 Å². The van der Waals surface area contributed by atoms with Gasteiger partial charge in [-0.25, -0.2) is 17.2 Å². The van der Waals surface area contributed by atoms with Crippen LogP contribution in [0.1, 0.15) is 30.4 Å². The summed E-state index contributed by atoms with van der Waals surface area (Å²) in [5.41, 5.74) is -0.276. The number of nitrogens with one attached hydrogen (secondary N) is 2. The Morgan fingerprint density at radius 1 is 1.21 bits per heavy atom. The van der Waals surface area contributed by atoms with E-state index in [-0.39, 0.29) is 51.4 Å². The van der Waals surface area contributed by atoms with E-state index in [2.05, 4.69) is 10.6 Å². The largest absolute Gasteiger partial charge is 0.339 e. The summed E-state index contributed by atoms with van der Waals surface area (Å²) in [7, 11) is -3.77. The maximum Gasteiger partial charge on any atom is 0.238 e. The van der Waals surface area contributed by atoms with E-state index < -0.39 is 27.5 Å². The first-order chi connectivity index (χ1) is 16.1. The van der Waals surface area contributed by atoms with Crippen LogP contribution in [0.3, 0.4) is 0 Å². The van der Waals surface area contributed by atoms with Crippen LogP contribution in [0.15, 0.2) is 35.2 Å². The van der Waals surface area contributed by atoms with Gasteiger partial charge in [-0.3, -0.25) is 4.79 Å². The lowest BCUT2D eigenvalue weighted by atomic mass is 9.97. The maximum atomic E-state index is 15.0. The molecule has 2 N–H and O–H groups in total. The molecular weight excluding hydrogens is 462 g/mol. The molecule has 2 aliphatic rings. The third kappa shape index (κ3) is 4.52. The van der Waals surface area contributed by atoms with Crippen LogP contribution in [0.4, 0.5) is 8.78 Å². The van der Waals surface area contributed by atoms with E-state index in [0.717, 1.165) is 31.6 Å². The molecule has 10 heteroatoms. The van der Waals surface area contributed by atoms with Crippen molar-refractivity contribution in [3.8, 4) is 23.3 Å². The Labute approximate surface area is 196 Å². The molecule has 2 unspecified atom stereocenters. The molecule has 1 aliphatic carbocycles. The van der Waals surface area contributed by atoms with Crippen LogP contribution in [0.25, 0.3) is 11.1 Å². The molecule has 0 radical (unpaired) electrons. The number of halogens is 2. The van der Waals surface area contributed by atoms with E-state index in [9.17, 15) is 27.3 Å². The van der Waals surface area contributed by atoms with Gasteiger partial charge >= 0.3 is 0 Å². The highest BCUT2D eigenvalue weighted by Crippen LogP contribution is 2.35. The number of nitrogens with zero attached hydrogens (tertiary/aromatic N) is 2. The van der Waals surface area contributed by atoms with Crippen LogP contribution in [-0.2, 0) is 21.1 Å². The summed E-state index contributed by atoms with van der Waals surface area (Å²) < 4.78 is 53.8. The Balaban J connectivity index is 1.55. The maximum absolute atomic E-state index is 15.0. The van der Waals surface area contributed by atoms with Crippen LogP contribution in [0.5, 0.6) is 0 Å². The van der Waals surface area contributed by atoms with E-state index >= 15 is 0 Å². The van der Waals surface area contributed by atoms with Gasteiger partial charge in [0.2, 0.25) is 5.91 Å². The van der Waals surface area contributed by atoms with Crippen molar-refractivity contribution in [2.24, 2.45) is 5.92 Å². The zero-order valence-corrected chi connectivity index (χ0v) is 19.1. The number of sulfone groups is 1. The number of carbonyl (C=O) groups excluding carboxylic acids is 1. The summed E-state index contributed by atoms with van der Waals surface area (Å²) in [5.74, 6) is -2.49. The second kappa shape index (κ2) is 9.13. The predicted molar refractivity (Wildman–Crippen MR) is 119 cm³/mol. The average molecular weight is 485 g/mol. The number of fused-ring (bicyclic) bond motifs is 2. The lowest BCUT2D eigenvalue weighted by Crippen LogP contribution is -2.50. The third-order valence-electron chi connectivity index (χ3n) is 6.51. The first-order valence-electron chi connectivity index (χ1n) is 10.8. The highest BCUT2D eigenvalue weighted by Gasteiger charge is 2.43. The summed E-state index contributed by atoms with van der Waals surface area (Å²) in [4.78, 5) is 12.3. The average Bonchev–Trinajstić information content (AvgIpc) is 3.44. The number of hydrogen-bond donors (Lipinski definition) is 2. The zero-order chi connectivity index (χ0) is 24.6. The fourth-order valence-corrected chi connectivity index (χ4v) is 5.67. The van der Waals surface area contributed by atoms with Gasteiger partial charge in [0.15, 0.2) is 21.5 Å². The fraction of sp³-hybridized carbons (Fsp3) is 0.375. The lowest BCUT2D eigenvalue weighted by molar-refractivity contribution is -0.124. The standard InChI is InChI=1S/C24H22F2N4O3S/c1-34(32,33)20-10-13(2-3-16(20)11-27)19-7-5-14(21(25)22(19)26)8-18(12-28)30-24(31)23-15-4-6-17(9-15)29-23/h2-3,5,7,10,15,17-18,23,29H,4,6,8-9H2,1H3,(H,30,31)/t15?,17?,18-,23-/m0/s1. The normalized spacial score (nSPS) is 22.1. The van der Waals surface area contributed by atoms with Crippen molar-refractivity contribution >= 4 is 15.7 Å².